The van der Waals surface area contributed by atoms with Gasteiger partial charge in [0.15, 0.2) is 0 Å². The highest BCUT2D eigenvalue weighted by molar-refractivity contribution is 5.53. The SMILES string of the molecule is Cc1cnc(NCCCOCC(C)C)cc1N. The van der Waals surface area contributed by atoms with Gasteiger partial charge in [0, 0.05) is 37.7 Å². The Morgan fingerprint density at radius 2 is 2.24 bits per heavy atom. The molecule has 0 saturated carbocycles. The number of nitrogens with two attached hydrogens (primary N) is 1. The smallest absolute Gasteiger partial charge is 0.127 e. The van der Waals surface area contributed by atoms with Crippen molar-refractivity contribution in [3.63, 3.8) is 0 Å². The molecular formula is C13H23N3O. The minimum absolute atomic E-state index is 0.599. The first kappa shape index (κ1) is 13.8. The minimum Gasteiger partial charge on any atom is -0.398 e. The topological polar surface area (TPSA) is 60.2 Å². The minimum atomic E-state index is 0.599. The van der Waals surface area contributed by atoms with E-state index in [4.69, 9.17) is 10.5 Å². The largest absolute Gasteiger partial charge is 0.398 e. The fourth-order valence-electron chi connectivity index (χ4n) is 1.35. The maximum Gasteiger partial charge on any atom is 0.127 e. The lowest BCUT2D eigenvalue weighted by Crippen LogP contribution is -2.09. The summed E-state index contributed by atoms with van der Waals surface area (Å²) in [5.74, 6) is 1.43. The van der Waals surface area contributed by atoms with Crippen LogP contribution < -0.4 is 11.1 Å². The van der Waals surface area contributed by atoms with Crippen molar-refractivity contribution in [1.82, 2.24) is 4.98 Å². The summed E-state index contributed by atoms with van der Waals surface area (Å²) in [5, 5.41) is 3.23. The quantitative estimate of drug-likeness (QED) is 0.715. The summed E-state index contributed by atoms with van der Waals surface area (Å²) in [7, 11) is 0. The summed E-state index contributed by atoms with van der Waals surface area (Å²) in [6.07, 6.45) is 2.76. The molecule has 3 N–H and O–H groups in total. The molecule has 0 saturated heterocycles. The zero-order valence-electron chi connectivity index (χ0n) is 11.0. The van der Waals surface area contributed by atoms with Gasteiger partial charge in [-0.1, -0.05) is 13.8 Å². The van der Waals surface area contributed by atoms with Crippen molar-refractivity contribution >= 4 is 11.5 Å². The molecule has 0 bridgehead atoms. The third-order valence-electron chi connectivity index (χ3n) is 2.37. The fraction of sp³-hybridized carbons (Fsp3) is 0.615. The number of aromatic nitrogens is 1. The molecule has 1 aromatic rings. The lowest BCUT2D eigenvalue weighted by atomic mass is 10.2. The highest BCUT2D eigenvalue weighted by Crippen LogP contribution is 2.13. The van der Waals surface area contributed by atoms with Crippen molar-refractivity contribution in [1.29, 1.82) is 0 Å². The van der Waals surface area contributed by atoms with E-state index in [0.717, 1.165) is 43.2 Å². The van der Waals surface area contributed by atoms with Crippen LogP contribution in [0.1, 0.15) is 25.8 Å². The number of anilines is 2. The molecule has 17 heavy (non-hydrogen) atoms. The molecule has 0 radical (unpaired) electrons. The number of nitrogens with zero attached hydrogens (tertiary/aromatic N) is 1. The Morgan fingerprint density at radius 3 is 2.88 bits per heavy atom. The molecule has 4 nitrogen and oxygen atoms in total. The van der Waals surface area contributed by atoms with Gasteiger partial charge in [0.05, 0.1) is 0 Å². The van der Waals surface area contributed by atoms with Crippen molar-refractivity contribution in [2.45, 2.75) is 27.2 Å². The second-order valence-electron chi connectivity index (χ2n) is 4.68. The van der Waals surface area contributed by atoms with Crippen LogP contribution in [0.3, 0.4) is 0 Å². The zero-order chi connectivity index (χ0) is 12.7. The maximum atomic E-state index is 5.80. The van der Waals surface area contributed by atoms with Crippen molar-refractivity contribution < 1.29 is 4.74 Å². The van der Waals surface area contributed by atoms with E-state index in [2.05, 4.69) is 24.1 Å². The van der Waals surface area contributed by atoms with Gasteiger partial charge in [0.1, 0.15) is 5.82 Å². The van der Waals surface area contributed by atoms with E-state index in [1.54, 1.807) is 6.20 Å². The fourth-order valence-corrected chi connectivity index (χ4v) is 1.35. The van der Waals surface area contributed by atoms with Crippen LogP contribution in [-0.2, 0) is 4.74 Å². The molecule has 0 amide bonds. The number of hydrogen-bond acceptors (Lipinski definition) is 4. The molecule has 0 fully saturated rings. The molecule has 0 aliphatic carbocycles. The van der Waals surface area contributed by atoms with E-state index >= 15 is 0 Å². The predicted octanol–water partition coefficient (Wildman–Crippen LogP) is 2.45. The Hall–Kier alpha value is -1.29. The lowest BCUT2D eigenvalue weighted by Gasteiger charge is -2.09. The molecule has 0 aliphatic heterocycles. The molecule has 0 unspecified atom stereocenters. The Kier molecular flexibility index (Phi) is 5.77. The monoisotopic (exact) mass is 237 g/mol. The molecule has 0 aliphatic rings. The number of rotatable bonds is 7. The Bertz CT molecular complexity index is 339. The molecule has 1 heterocycles. The third kappa shape index (κ3) is 5.54. The predicted molar refractivity (Wildman–Crippen MR) is 72.2 cm³/mol. The van der Waals surface area contributed by atoms with Gasteiger partial charge in [-0.15, -0.1) is 0 Å². The van der Waals surface area contributed by atoms with Crippen LogP contribution in [0.2, 0.25) is 0 Å². The average Bonchev–Trinajstić information content (AvgIpc) is 2.27. The highest BCUT2D eigenvalue weighted by Gasteiger charge is 1.98. The molecule has 96 valence electrons. The van der Waals surface area contributed by atoms with Gasteiger partial charge in [-0.25, -0.2) is 4.98 Å². The standard InChI is InChI=1S/C13H23N3O/c1-10(2)9-17-6-4-5-15-13-7-12(14)11(3)8-16-13/h7-8,10H,4-6,9H2,1-3H3,(H3,14,15,16). The van der Waals surface area contributed by atoms with E-state index in [9.17, 15) is 0 Å². The third-order valence-corrected chi connectivity index (χ3v) is 2.37. The van der Waals surface area contributed by atoms with Crippen molar-refractivity contribution in [2.75, 3.05) is 30.8 Å². The van der Waals surface area contributed by atoms with Crippen molar-refractivity contribution in [3.8, 4) is 0 Å². The number of hydrogen-bond donors (Lipinski definition) is 2. The lowest BCUT2D eigenvalue weighted by molar-refractivity contribution is 0.110. The first-order valence-corrected chi connectivity index (χ1v) is 6.13. The van der Waals surface area contributed by atoms with Gasteiger partial charge in [-0.05, 0) is 24.8 Å². The molecule has 4 heteroatoms. The highest BCUT2D eigenvalue weighted by atomic mass is 16.5. The van der Waals surface area contributed by atoms with E-state index in [-0.39, 0.29) is 0 Å². The van der Waals surface area contributed by atoms with E-state index in [1.165, 1.54) is 0 Å². The van der Waals surface area contributed by atoms with Gasteiger partial charge in [-0.2, -0.15) is 0 Å². The van der Waals surface area contributed by atoms with Gasteiger partial charge in [-0.3, -0.25) is 0 Å². The van der Waals surface area contributed by atoms with Crippen molar-refractivity contribution in [2.24, 2.45) is 5.92 Å². The van der Waals surface area contributed by atoms with Crippen LogP contribution in [-0.4, -0.2) is 24.7 Å². The summed E-state index contributed by atoms with van der Waals surface area (Å²) in [6, 6.07) is 1.87. The zero-order valence-corrected chi connectivity index (χ0v) is 11.0. The molecular weight excluding hydrogens is 214 g/mol. The summed E-state index contributed by atoms with van der Waals surface area (Å²) >= 11 is 0. The molecule has 1 rings (SSSR count). The second-order valence-corrected chi connectivity index (χ2v) is 4.68. The summed E-state index contributed by atoms with van der Waals surface area (Å²) < 4.78 is 5.49. The molecule has 0 spiro atoms. The van der Waals surface area contributed by atoms with Gasteiger partial charge in [0.2, 0.25) is 0 Å². The molecule has 0 atom stereocenters. The van der Waals surface area contributed by atoms with Crippen LogP contribution in [0.15, 0.2) is 12.3 Å². The number of nitrogen functional groups attached to an aromatic ring is 1. The van der Waals surface area contributed by atoms with Crippen LogP contribution in [0.5, 0.6) is 0 Å². The summed E-state index contributed by atoms with van der Waals surface area (Å²) in [4.78, 5) is 4.25. The van der Waals surface area contributed by atoms with Gasteiger partial charge in [0.25, 0.3) is 0 Å². The van der Waals surface area contributed by atoms with Crippen LogP contribution in [0.4, 0.5) is 11.5 Å². The second kappa shape index (κ2) is 7.12. The maximum absolute atomic E-state index is 5.80. The molecule has 0 aromatic carbocycles. The van der Waals surface area contributed by atoms with Crippen LogP contribution in [0.25, 0.3) is 0 Å². The average molecular weight is 237 g/mol. The van der Waals surface area contributed by atoms with E-state index in [1.807, 2.05) is 13.0 Å². The first-order valence-electron chi connectivity index (χ1n) is 6.13. The molecule has 1 aromatic heterocycles. The van der Waals surface area contributed by atoms with Gasteiger partial charge >= 0.3 is 0 Å². The van der Waals surface area contributed by atoms with E-state index in [0.29, 0.717) is 5.92 Å². The number of ether oxygens (including phenoxy) is 1. The number of aryl methyl sites for hydroxylation is 1. The number of nitrogens with one attached hydrogen (secondary N) is 1. The summed E-state index contributed by atoms with van der Waals surface area (Å²) in [5.41, 5.74) is 7.59. The first-order chi connectivity index (χ1) is 8.09. The van der Waals surface area contributed by atoms with Crippen molar-refractivity contribution in [3.05, 3.63) is 17.8 Å². The van der Waals surface area contributed by atoms with E-state index < -0.39 is 0 Å². The Balaban J connectivity index is 2.16. The van der Waals surface area contributed by atoms with Crippen LogP contribution in [0, 0.1) is 12.8 Å². The normalized spacial score (nSPS) is 10.8. The Labute approximate surface area is 104 Å². The van der Waals surface area contributed by atoms with Gasteiger partial charge < -0.3 is 15.8 Å². The summed E-state index contributed by atoms with van der Waals surface area (Å²) in [6.45, 7) is 8.72. The van der Waals surface area contributed by atoms with Crippen LogP contribution >= 0.6 is 0 Å². The Morgan fingerprint density at radius 1 is 1.47 bits per heavy atom. The number of pyridine rings is 1.